The van der Waals surface area contributed by atoms with Crippen LogP contribution in [0.15, 0.2) is 71.3 Å². The fraction of sp³-hybridized carbons (Fsp3) is 0.0526. The van der Waals surface area contributed by atoms with Crippen LogP contribution >= 0.6 is 0 Å². The Morgan fingerprint density at radius 1 is 0.826 bits per heavy atom. The molecule has 4 nitrogen and oxygen atoms in total. The molecule has 4 aromatic rings. The Morgan fingerprint density at radius 3 is 2.35 bits per heavy atom. The average Bonchev–Trinajstić information content (AvgIpc) is 3.06. The third kappa shape index (κ3) is 2.44. The van der Waals surface area contributed by atoms with E-state index in [-0.39, 0.29) is 0 Å². The smallest absolute Gasteiger partial charge is 0.258 e. The summed E-state index contributed by atoms with van der Waals surface area (Å²) in [5.74, 6) is 0.820. The molecule has 4 heteroatoms. The molecule has 0 amide bonds. The molecule has 0 aliphatic heterocycles. The molecule has 2 aromatic heterocycles. The summed E-state index contributed by atoms with van der Waals surface area (Å²) in [5.41, 5.74) is 4.22. The van der Waals surface area contributed by atoms with E-state index >= 15 is 0 Å². The molecule has 0 aliphatic rings. The van der Waals surface area contributed by atoms with Crippen molar-refractivity contribution in [3.8, 4) is 28.3 Å². The Bertz CT molecular complexity index is 944. The van der Waals surface area contributed by atoms with Gasteiger partial charge in [0.25, 0.3) is 5.71 Å². The molecule has 0 fully saturated rings. The third-order valence-electron chi connectivity index (χ3n) is 3.77. The van der Waals surface area contributed by atoms with Gasteiger partial charge in [0.2, 0.25) is 0 Å². The summed E-state index contributed by atoms with van der Waals surface area (Å²) in [6.45, 7) is 0. The second-order valence-electron chi connectivity index (χ2n) is 5.17. The zero-order valence-corrected chi connectivity index (χ0v) is 12.6. The summed E-state index contributed by atoms with van der Waals surface area (Å²) in [5, 5.41) is 5.08. The first-order chi connectivity index (χ1) is 11.3. The number of rotatable bonds is 3. The van der Waals surface area contributed by atoms with Gasteiger partial charge in [0.05, 0.1) is 18.2 Å². The molecule has 2 heterocycles. The van der Waals surface area contributed by atoms with Crippen LogP contribution in [-0.2, 0) is 0 Å². The summed E-state index contributed by atoms with van der Waals surface area (Å²) in [6.07, 6.45) is 0. The number of nitrogens with zero attached hydrogens (tertiary/aromatic N) is 2. The van der Waals surface area contributed by atoms with E-state index < -0.39 is 0 Å². The highest BCUT2D eigenvalue weighted by Crippen LogP contribution is 2.29. The molecule has 0 N–H and O–H groups in total. The lowest BCUT2D eigenvalue weighted by Crippen LogP contribution is -1.85. The Labute approximate surface area is 133 Å². The predicted molar refractivity (Wildman–Crippen MR) is 89.2 cm³/mol. The second-order valence-corrected chi connectivity index (χ2v) is 5.17. The summed E-state index contributed by atoms with van der Waals surface area (Å²) in [6, 6.07) is 21.7. The quantitative estimate of drug-likeness (QED) is 0.556. The first-order valence-corrected chi connectivity index (χ1v) is 7.31. The van der Waals surface area contributed by atoms with Gasteiger partial charge < -0.3 is 9.26 Å². The number of ether oxygens (including phenoxy) is 1. The van der Waals surface area contributed by atoms with Gasteiger partial charge in [-0.05, 0) is 36.4 Å². The van der Waals surface area contributed by atoms with E-state index in [9.17, 15) is 0 Å². The number of hydrogen-bond donors (Lipinski definition) is 0. The van der Waals surface area contributed by atoms with E-state index in [1.807, 2.05) is 66.7 Å². The molecule has 0 aliphatic carbocycles. The molecule has 0 saturated carbocycles. The van der Waals surface area contributed by atoms with E-state index in [1.165, 1.54) is 0 Å². The van der Waals surface area contributed by atoms with Crippen LogP contribution in [0.3, 0.4) is 0 Å². The Hall–Kier alpha value is -3.14. The van der Waals surface area contributed by atoms with Crippen molar-refractivity contribution in [3.63, 3.8) is 0 Å². The normalized spacial score (nSPS) is 10.8. The van der Waals surface area contributed by atoms with Crippen LogP contribution in [0.25, 0.3) is 33.6 Å². The van der Waals surface area contributed by atoms with Gasteiger partial charge in [-0.3, -0.25) is 0 Å². The molecule has 2 aromatic carbocycles. The van der Waals surface area contributed by atoms with E-state index in [4.69, 9.17) is 9.26 Å². The van der Waals surface area contributed by atoms with E-state index in [2.05, 4.69) is 10.1 Å². The Balaban J connectivity index is 1.77. The first-order valence-electron chi connectivity index (χ1n) is 7.31. The lowest BCUT2D eigenvalue weighted by Gasteiger charge is -2.03. The zero-order valence-electron chi connectivity index (χ0n) is 12.6. The van der Waals surface area contributed by atoms with Gasteiger partial charge in [0.15, 0.2) is 0 Å². The maximum absolute atomic E-state index is 5.42. The second kappa shape index (κ2) is 5.57. The molecule has 0 spiro atoms. The summed E-state index contributed by atoms with van der Waals surface area (Å²) < 4.78 is 10.6. The van der Waals surface area contributed by atoms with Gasteiger partial charge in [-0.2, -0.15) is 0 Å². The molecule has 0 bridgehead atoms. The van der Waals surface area contributed by atoms with E-state index in [0.717, 1.165) is 33.7 Å². The molecule has 0 saturated heterocycles. The minimum atomic E-state index is 0.539. The number of methoxy groups -OCH3 is 1. The molecule has 112 valence electrons. The van der Waals surface area contributed by atoms with Crippen molar-refractivity contribution in [1.29, 1.82) is 0 Å². The SMILES string of the molecule is COc1ccc(-c2ccc3c(-c4ccccc4)noc3n2)cc1. The summed E-state index contributed by atoms with van der Waals surface area (Å²) >= 11 is 0. The van der Waals surface area contributed by atoms with Crippen molar-refractivity contribution in [2.24, 2.45) is 0 Å². The molecular weight excluding hydrogens is 288 g/mol. The summed E-state index contributed by atoms with van der Waals surface area (Å²) in [4.78, 5) is 4.58. The third-order valence-corrected chi connectivity index (χ3v) is 3.77. The van der Waals surface area contributed by atoms with Crippen LogP contribution in [0, 0.1) is 0 Å². The van der Waals surface area contributed by atoms with Crippen LogP contribution in [0.5, 0.6) is 5.75 Å². The molecule has 0 atom stereocenters. The van der Waals surface area contributed by atoms with Crippen LogP contribution in [0.2, 0.25) is 0 Å². The highest BCUT2D eigenvalue weighted by atomic mass is 16.5. The fourth-order valence-electron chi connectivity index (χ4n) is 2.56. The van der Waals surface area contributed by atoms with Crippen LogP contribution in [0.1, 0.15) is 0 Å². The highest BCUT2D eigenvalue weighted by Gasteiger charge is 2.12. The van der Waals surface area contributed by atoms with E-state index in [1.54, 1.807) is 7.11 Å². The van der Waals surface area contributed by atoms with Crippen molar-refractivity contribution in [2.75, 3.05) is 7.11 Å². The summed E-state index contributed by atoms with van der Waals surface area (Å²) in [7, 11) is 1.65. The number of fused-ring (bicyclic) bond motifs is 1. The lowest BCUT2D eigenvalue weighted by molar-refractivity contribution is 0.415. The average molecular weight is 302 g/mol. The molecule has 0 radical (unpaired) electrons. The van der Waals surface area contributed by atoms with Gasteiger partial charge in [0.1, 0.15) is 11.4 Å². The number of benzene rings is 2. The van der Waals surface area contributed by atoms with Crippen LogP contribution in [0.4, 0.5) is 0 Å². The topological polar surface area (TPSA) is 48.2 Å². The van der Waals surface area contributed by atoms with Gasteiger partial charge >= 0.3 is 0 Å². The molecular formula is C19H14N2O2. The highest BCUT2D eigenvalue weighted by molar-refractivity contribution is 5.90. The van der Waals surface area contributed by atoms with Crippen LogP contribution < -0.4 is 4.74 Å². The molecule has 0 unspecified atom stereocenters. The number of aromatic nitrogens is 2. The first kappa shape index (κ1) is 13.5. The monoisotopic (exact) mass is 302 g/mol. The standard InChI is InChI=1S/C19H14N2O2/c1-22-15-9-7-13(8-10-15)17-12-11-16-18(21-23-19(16)20-17)14-5-3-2-4-6-14/h2-12H,1H3. The van der Waals surface area contributed by atoms with Crippen molar-refractivity contribution >= 4 is 11.1 Å². The molecule has 23 heavy (non-hydrogen) atoms. The minimum Gasteiger partial charge on any atom is -0.497 e. The van der Waals surface area contributed by atoms with Crippen molar-refractivity contribution in [2.45, 2.75) is 0 Å². The maximum Gasteiger partial charge on any atom is 0.258 e. The van der Waals surface area contributed by atoms with E-state index in [0.29, 0.717) is 5.71 Å². The van der Waals surface area contributed by atoms with Crippen molar-refractivity contribution in [3.05, 3.63) is 66.7 Å². The zero-order chi connectivity index (χ0) is 15.6. The van der Waals surface area contributed by atoms with Gasteiger partial charge in [-0.25, -0.2) is 4.98 Å². The van der Waals surface area contributed by atoms with Gasteiger partial charge in [0, 0.05) is 11.1 Å². The lowest BCUT2D eigenvalue weighted by atomic mass is 10.1. The maximum atomic E-state index is 5.42. The van der Waals surface area contributed by atoms with Crippen molar-refractivity contribution in [1.82, 2.24) is 10.1 Å². The van der Waals surface area contributed by atoms with Gasteiger partial charge in [-0.1, -0.05) is 35.5 Å². The number of hydrogen-bond acceptors (Lipinski definition) is 4. The Morgan fingerprint density at radius 2 is 1.61 bits per heavy atom. The largest absolute Gasteiger partial charge is 0.497 e. The predicted octanol–water partition coefficient (Wildman–Crippen LogP) is 4.57. The molecule has 4 rings (SSSR count). The minimum absolute atomic E-state index is 0.539. The van der Waals surface area contributed by atoms with Gasteiger partial charge in [-0.15, -0.1) is 0 Å². The fourth-order valence-corrected chi connectivity index (χ4v) is 2.56. The Kier molecular flexibility index (Phi) is 3.27. The van der Waals surface area contributed by atoms with Crippen LogP contribution in [-0.4, -0.2) is 17.3 Å². The van der Waals surface area contributed by atoms with Crippen molar-refractivity contribution < 1.29 is 9.26 Å². The number of pyridine rings is 1.